The number of carbonyl (C=O) groups excluding carboxylic acids is 2. The molecule has 27 heavy (non-hydrogen) atoms. The lowest BCUT2D eigenvalue weighted by Gasteiger charge is -2.39. The zero-order chi connectivity index (χ0) is 19.7. The summed E-state index contributed by atoms with van der Waals surface area (Å²) in [6, 6.07) is 8.02. The van der Waals surface area contributed by atoms with E-state index in [-0.39, 0.29) is 5.91 Å². The number of fused-ring (bicyclic) bond motifs is 1. The van der Waals surface area contributed by atoms with E-state index < -0.39 is 17.2 Å². The van der Waals surface area contributed by atoms with E-state index in [0.717, 1.165) is 37.1 Å². The number of likely N-dealkylation sites (N-methyl/N-ethyl adjacent to an activating group) is 1. The van der Waals surface area contributed by atoms with Gasteiger partial charge in [-0.1, -0.05) is 24.3 Å². The minimum Gasteiger partial charge on any atom is -0.444 e. The number of alkyl carbamates (subject to hydrolysis) is 1. The SMILES string of the molecule is CCN(C(=O)C1(NC(=O)OC(C)(C)C)Cc2ccccc2C1)N1CCCC1. The lowest BCUT2D eigenvalue weighted by Crippen LogP contribution is -2.63. The molecule has 0 spiro atoms. The number of hydrogen-bond donors (Lipinski definition) is 1. The summed E-state index contributed by atoms with van der Waals surface area (Å²) in [7, 11) is 0. The molecule has 0 saturated carbocycles. The molecule has 1 fully saturated rings. The molecular formula is C21H31N3O3. The molecule has 1 saturated heterocycles. The molecule has 6 nitrogen and oxygen atoms in total. The fourth-order valence-corrected chi connectivity index (χ4v) is 4.07. The minimum absolute atomic E-state index is 0.0473. The Labute approximate surface area is 161 Å². The van der Waals surface area contributed by atoms with Gasteiger partial charge in [-0.2, -0.15) is 0 Å². The Morgan fingerprint density at radius 3 is 2.19 bits per heavy atom. The number of rotatable bonds is 4. The van der Waals surface area contributed by atoms with E-state index in [1.165, 1.54) is 0 Å². The molecule has 1 aromatic rings. The van der Waals surface area contributed by atoms with Crippen molar-refractivity contribution in [3.8, 4) is 0 Å². The Morgan fingerprint density at radius 2 is 1.70 bits per heavy atom. The maximum absolute atomic E-state index is 13.7. The Balaban J connectivity index is 1.88. The van der Waals surface area contributed by atoms with Crippen LogP contribution >= 0.6 is 0 Å². The standard InChI is InChI=1S/C21H31N3O3/c1-5-24(23-12-8-9-13-23)18(25)21(22-19(26)27-20(2,3)4)14-16-10-6-7-11-17(16)15-21/h6-7,10-11H,5,8-9,12-15H2,1-4H3,(H,22,26). The van der Waals surface area contributed by atoms with Crippen molar-refractivity contribution in [1.82, 2.24) is 15.3 Å². The van der Waals surface area contributed by atoms with E-state index in [1.54, 1.807) is 0 Å². The first-order valence-electron chi connectivity index (χ1n) is 9.89. The molecule has 0 radical (unpaired) electrons. The van der Waals surface area contributed by atoms with Crippen LogP contribution in [0.2, 0.25) is 0 Å². The molecule has 0 bridgehead atoms. The molecule has 1 aliphatic heterocycles. The van der Waals surface area contributed by atoms with E-state index in [1.807, 2.05) is 57.0 Å². The lowest BCUT2D eigenvalue weighted by molar-refractivity contribution is -0.154. The second-order valence-electron chi connectivity index (χ2n) is 8.51. The second kappa shape index (κ2) is 7.50. The van der Waals surface area contributed by atoms with Crippen LogP contribution in [0.1, 0.15) is 51.7 Å². The fraction of sp³-hybridized carbons (Fsp3) is 0.619. The smallest absolute Gasteiger partial charge is 0.408 e. The molecule has 3 rings (SSSR count). The van der Waals surface area contributed by atoms with Crippen molar-refractivity contribution in [2.45, 2.75) is 64.5 Å². The molecule has 2 amide bonds. The van der Waals surface area contributed by atoms with Crippen LogP contribution in [0.15, 0.2) is 24.3 Å². The third-order valence-electron chi connectivity index (χ3n) is 5.21. The van der Waals surface area contributed by atoms with Crippen LogP contribution in [-0.2, 0) is 22.4 Å². The van der Waals surface area contributed by atoms with E-state index >= 15 is 0 Å². The van der Waals surface area contributed by atoms with Crippen LogP contribution < -0.4 is 5.32 Å². The highest BCUT2D eigenvalue weighted by molar-refractivity contribution is 5.91. The largest absolute Gasteiger partial charge is 0.444 e. The topological polar surface area (TPSA) is 61.9 Å². The monoisotopic (exact) mass is 373 g/mol. The van der Waals surface area contributed by atoms with Crippen LogP contribution in [-0.4, -0.2) is 52.8 Å². The first-order valence-corrected chi connectivity index (χ1v) is 9.89. The van der Waals surface area contributed by atoms with E-state index in [0.29, 0.717) is 19.4 Å². The molecule has 0 aromatic heterocycles. The predicted molar refractivity (Wildman–Crippen MR) is 104 cm³/mol. The summed E-state index contributed by atoms with van der Waals surface area (Å²) in [4.78, 5) is 26.3. The number of nitrogens with one attached hydrogen (secondary N) is 1. The number of amides is 2. The van der Waals surface area contributed by atoms with Gasteiger partial charge in [0.15, 0.2) is 0 Å². The Kier molecular flexibility index (Phi) is 5.47. The van der Waals surface area contributed by atoms with Crippen molar-refractivity contribution < 1.29 is 14.3 Å². The number of nitrogens with zero attached hydrogens (tertiary/aromatic N) is 2. The molecule has 0 unspecified atom stereocenters. The average Bonchev–Trinajstić information content (AvgIpc) is 3.21. The maximum atomic E-state index is 13.7. The summed E-state index contributed by atoms with van der Waals surface area (Å²) < 4.78 is 5.48. The van der Waals surface area contributed by atoms with Crippen molar-refractivity contribution in [3.63, 3.8) is 0 Å². The molecule has 1 heterocycles. The summed E-state index contributed by atoms with van der Waals surface area (Å²) >= 11 is 0. The summed E-state index contributed by atoms with van der Waals surface area (Å²) in [6.45, 7) is 9.82. The molecule has 6 heteroatoms. The second-order valence-corrected chi connectivity index (χ2v) is 8.51. The van der Waals surface area contributed by atoms with Crippen molar-refractivity contribution in [1.29, 1.82) is 0 Å². The number of carbonyl (C=O) groups is 2. The van der Waals surface area contributed by atoms with Crippen LogP contribution in [0.5, 0.6) is 0 Å². The molecule has 1 N–H and O–H groups in total. The van der Waals surface area contributed by atoms with Gasteiger partial charge in [-0.15, -0.1) is 0 Å². The summed E-state index contributed by atoms with van der Waals surface area (Å²) in [5.41, 5.74) is 0.614. The predicted octanol–water partition coefficient (Wildman–Crippen LogP) is 2.91. The van der Waals surface area contributed by atoms with Crippen molar-refractivity contribution in [2.75, 3.05) is 19.6 Å². The Hall–Kier alpha value is -2.08. The van der Waals surface area contributed by atoms with Gasteiger partial charge in [0.2, 0.25) is 0 Å². The quantitative estimate of drug-likeness (QED) is 0.882. The van der Waals surface area contributed by atoms with Gasteiger partial charge >= 0.3 is 6.09 Å². The van der Waals surface area contributed by atoms with E-state index in [2.05, 4.69) is 10.3 Å². The van der Waals surface area contributed by atoms with Crippen LogP contribution in [0.4, 0.5) is 4.79 Å². The highest BCUT2D eigenvalue weighted by Crippen LogP contribution is 2.33. The van der Waals surface area contributed by atoms with E-state index in [4.69, 9.17) is 4.74 Å². The summed E-state index contributed by atoms with van der Waals surface area (Å²) in [6.07, 6.45) is 2.63. The molecule has 0 atom stereocenters. The zero-order valence-electron chi connectivity index (χ0n) is 16.9. The highest BCUT2D eigenvalue weighted by Gasteiger charge is 2.48. The van der Waals surface area contributed by atoms with Crippen molar-refractivity contribution in [3.05, 3.63) is 35.4 Å². The number of ether oxygens (including phenoxy) is 1. The first kappa shape index (κ1) is 19.7. The van der Waals surface area contributed by atoms with Gasteiger partial charge in [-0.05, 0) is 51.7 Å². The van der Waals surface area contributed by atoms with Gasteiger partial charge in [0.25, 0.3) is 5.91 Å². The maximum Gasteiger partial charge on any atom is 0.408 e. The number of benzene rings is 1. The van der Waals surface area contributed by atoms with Gasteiger partial charge in [0, 0.05) is 32.5 Å². The van der Waals surface area contributed by atoms with Crippen molar-refractivity contribution in [2.24, 2.45) is 0 Å². The first-order chi connectivity index (χ1) is 12.7. The van der Waals surface area contributed by atoms with Gasteiger partial charge in [0.05, 0.1) is 0 Å². The average molecular weight is 373 g/mol. The molecule has 2 aliphatic rings. The molecular weight excluding hydrogens is 342 g/mol. The molecule has 1 aromatic carbocycles. The van der Waals surface area contributed by atoms with Gasteiger partial charge in [-0.3, -0.25) is 9.80 Å². The van der Waals surface area contributed by atoms with Gasteiger partial charge in [-0.25, -0.2) is 9.80 Å². The van der Waals surface area contributed by atoms with Crippen LogP contribution in [0, 0.1) is 0 Å². The van der Waals surface area contributed by atoms with Gasteiger partial charge < -0.3 is 10.1 Å². The van der Waals surface area contributed by atoms with Gasteiger partial charge in [0.1, 0.15) is 11.1 Å². The Bertz CT molecular complexity index is 680. The fourth-order valence-electron chi connectivity index (χ4n) is 4.07. The molecule has 1 aliphatic carbocycles. The Morgan fingerprint density at radius 1 is 1.15 bits per heavy atom. The third-order valence-corrected chi connectivity index (χ3v) is 5.21. The van der Waals surface area contributed by atoms with Crippen LogP contribution in [0.25, 0.3) is 0 Å². The highest BCUT2D eigenvalue weighted by atomic mass is 16.6. The number of hydrogen-bond acceptors (Lipinski definition) is 4. The van der Waals surface area contributed by atoms with E-state index in [9.17, 15) is 9.59 Å². The zero-order valence-corrected chi connectivity index (χ0v) is 16.9. The normalized spacial score (nSPS) is 18.8. The lowest BCUT2D eigenvalue weighted by atomic mass is 9.94. The van der Waals surface area contributed by atoms with Crippen LogP contribution in [0.3, 0.4) is 0 Å². The minimum atomic E-state index is -0.995. The molecule has 148 valence electrons. The summed E-state index contributed by atoms with van der Waals surface area (Å²) in [5, 5.41) is 6.89. The summed E-state index contributed by atoms with van der Waals surface area (Å²) in [5.74, 6) is -0.0473. The van der Waals surface area contributed by atoms with Crippen molar-refractivity contribution >= 4 is 12.0 Å². The third kappa shape index (κ3) is 4.26. The number of hydrazine groups is 1.